The van der Waals surface area contributed by atoms with Gasteiger partial charge in [-0.2, -0.15) is 4.72 Å². The van der Waals surface area contributed by atoms with Gasteiger partial charge in [0.25, 0.3) is 5.91 Å². The number of nitrogens with one attached hydrogen (secondary N) is 1. The predicted octanol–water partition coefficient (Wildman–Crippen LogP) is 2.64. The molecule has 0 bridgehead atoms. The Hall–Kier alpha value is -2.14. The lowest BCUT2D eigenvalue weighted by Crippen LogP contribution is -2.30. The Morgan fingerprint density at radius 1 is 1.32 bits per heavy atom. The zero-order valence-corrected chi connectivity index (χ0v) is 15.1. The summed E-state index contributed by atoms with van der Waals surface area (Å²) in [5, 5.41) is 2.01. The lowest BCUT2D eigenvalue weighted by atomic mass is 10.1. The average molecular weight is 374 g/mol. The number of sulfonamides is 1. The lowest BCUT2D eigenvalue weighted by Gasteiger charge is -2.24. The highest BCUT2D eigenvalue weighted by Crippen LogP contribution is 2.35. The van der Waals surface area contributed by atoms with Crippen molar-refractivity contribution in [2.24, 2.45) is 0 Å². The second-order valence-corrected chi connectivity index (χ2v) is 8.47. The highest BCUT2D eigenvalue weighted by atomic mass is 32.2. The molecule has 0 spiro atoms. The fourth-order valence-corrected chi connectivity index (χ4v) is 4.76. The van der Waals surface area contributed by atoms with Crippen LogP contribution >= 0.6 is 11.3 Å². The molecule has 1 saturated heterocycles. The minimum Gasteiger partial charge on any atom is -0.331 e. The van der Waals surface area contributed by atoms with E-state index in [1.54, 1.807) is 23.5 Å². The molecule has 130 valence electrons. The molecular weight excluding hydrogens is 356 g/mol. The second kappa shape index (κ2) is 7.40. The van der Waals surface area contributed by atoms with Crippen LogP contribution in [0.15, 0.2) is 46.7 Å². The summed E-state index contributed by atoms with van der Waals surface area (Å²) in [6, 6.07) is 10.1. The van der Waals surface area contributed by atoms with Crippen molar-refractivity contribution >= 4 is 27.3 Å². The minimum atomic E-state index is -3.65. The SMILES string of the molecule is C#CCNS(=O)(=O)c1ccc(C(=O)N2CCCC2c2cccs2)cc1. The molecule has 7 heteroatoms. The van der Waals surface area contributed by atoms with Gasteiger partial charge in [-0.25, -0.2) is 8.42 Å². The first-order valence-electron chi connectivity index (χ1n) is 7.90. The lowest BCUT2D eigenvalue weighted by molar-refractivity contribution is 0.0738. The summed E-state index contributed by atoms with van der Waals surface area (Å²) in [5.41, 5.74) is 0.486. The Kier molecular flexibility index (Phi) is 5.23. The predicted molar refractivity (Wildman–Crippen MR) is 97.8 cm³/mol. The van der Waals surface area contributed by atoms with Crippen molar-refractivity contribution in [3.63, 3.8) is 0 Å². The van der Waals surface area contributed by atoms with E-state index in [0.717, 1.165) is 12.8 Å². The molecule has 1 aromatic heterocycles. The zero-order valence-electron chi connectivity index (χ0n) is 13.5. The van der Waals surface area contributed by atoms with Crippen LogP contribution in [0.25, 0.3) is 0 Å². The van der Waals surface area contributed by atoms with Gasteiger partial charge in [-0.1, -0.05) is 12.0 Å². The van der Waals surface area contributed by atoms with E-state index in [1.807, 2.05) is 22.4 Å². The van der Waals surface area contributed by atoms with Crippen LogP contribution in [0.3, 0.4) is 0 Å². The molecule has 1 aliphatic rings. The normalized spacial score (nSPS) is 17.4. The van der Waals surface area contributed by atoms with E-state index in [-0.39, 0.29) is 23.4 Å². The van der Waals surface area contributed by atoms with E-state index < -0.39 is 10.0 Å². The molecule has 1 aromatic carbocycles. The summed E-state index contributed by atoms with van der Waals surface area (Å²) >= 11 is 1.65. The van der Waals surface area contributed by atoms with Crippen molar-refractivity contribution in [3.8, 4) is 12.3 Å². The van der Waals surface area contributed by atoms with Gasteiger partial charge in [0, 0.05) is 17.0 Å². The molecule has 2 heterocycles. The number of thiophene rings is 1. The highest BCUT2D eigenvalue weighted by molar-refractivity contribution is 7.89. The molecule has 0 aliphatic carbocycles. The maximum absolute atomic E-state index is 12.8. The van der Waals surface area contributed by atoms with Crippen LogP contribution in [0.2, 0.25) is 0 Å². The summed E-state index contributed by atoms with van der Waals surface area (Å²) in [5.74, 6) is 2.16. The number of rotatable bonds is 5. The monoisotopic (exact) mass is 374 g/mol. The summed E-state index contributed by atoms with van der Waals surface area (Å²) in [6.45, 7) is 0.643. The third-order valence-corrected chi connectivity index (χ3v) is 6.55. The van der Waals surface area contributed by atoms with Gasteiger partial charge in [0.15, 0.2) is 0 Å². The van der Waals surface area contributed by atoms with Crippen LogP contribution in [0, 0.1) is 12.3 Å². The molecule has 1 unspecified atom stereocenters. The number of benzene rings is 1. The Morgan fingerprint density at radius 3 is 2.72 bits per heavy atom. The fourth-order valence-electron chi connectivity index (χ4n) is 2.95. The smallest absolute Gasteiger partial charge is 0.254 e. The number of amides is 1. The van der Waals surface area contributed by atoms with Crippen molar-refractivity contribution in [2.45, 2.75) is 23.8 Å². The number of hydrogen-bond donors (Lipinski definition) is 1. The summed E-state index contributed by atoms with van der Waals surface area (Å²) in [4.78, 5) is 16.0. The van der Waals surface area contributed by atoms with Gasteiger partial charge >= 0.3 is 0 Å². The molecule has 0 saturated carbocycles. The molecule has 3 rings (SSSR count). The Morgan fingerprint density at radius 2 is 2.08 bits per heavy atom. The van der Waals surface area contributed by atoms with Crippen molar-refractivity contribution in [2.75, 3.05) is 13.1 Å². The third-order valence-electron chi connectivity index (χ3n) is 4.16. The summed E-state index contributed by atoms with van der Waals surface area (Å²) < 4.78 is 26.4. The van der Waals surface area contributed by atoms with Crippen molar-refractivity contribution < 1.29 is 13.2 Å². The Balaban J connectivity index is 1.78. The minimum absolute atomic E-state index is 0.0702. The van der Waals surface area contributed by atoms with Gasteiger partial charge in [0.1, 0.15) is 0 Å². The molecule has 1 fully saturated rings. The number of carbonyl (C=O) groups is 1. The van der Waals surface area contributed by atoms with Gasteiger partial charge in [-0.05, 0) is 48.6 Å². The first-order chi connectivity index (χ1) is 12.0. The van der Waals surface area contributed by atoms with Crippen molar-refractivity contribution in [3.05, 3.63) is 52.2 Å². The van der Waals surface area contributed by atoms with Crippen LogP contribution in [-0.2, 0) is 10.0 Å². The number of hydrogen-bond acceptors (Lipinski definition) is 4. The molecule has 5 nitrogen and oxygen atoms in total. The molecule has 0 radical (unpaired) electrons. The standard InChI is InChI=1S/C18H18N2O3S2/c1-2-11-19-25(22,23)15-9-7-14(8-10-15)18(21)20-12-3-5-16(20)17-6-4-13-24-17/h1,4,6-10,13,16,19H,3,5,11-12H2. The maximum atomic E-state index is 12.8. The van der Waals surface area contributed by atoms with Crippen molar-refractivity contribution in [1.82, 2.24) is 9.62 Å². The number of likely N-dealkylation sites (tertiary alicyclic amines) is 1. The Bertz CT molecular complexity index is 881. The molecule has 25 heavy (non-hydrogen) atoms. The molecule has 1 aliphatic heterocycles. The molecule has 1 amide bonds. The topological polar surface area (TPSA) is 66.5 Å². The maximum Gasteiger partial charge on any atom is 0.254 e. The van der Waals surface area contributed by atoms with Crippen LogP contribution in [-0.4, -0.2) is 32.3 Å². The quantitative estimate of drug-likeness (QED) is 0.818. The second-order valence-electron chi connectivity index (χ2n) is 5.73. The number of nitrogens with zero attached hydrogens (tertiary/aromatic N) is 1. The van der Waals surface area contributed by atoms with Gasteiger partial charge < -0.3 is 4.90 Å². The largest absolute Gasteiger partial charge is 0.331 e. The van der Waals surface area contributed by atoms with Gasteiger partial charge in [-0.15, -0.1) is 17.8 Å². The van der Waals surface area contributed by atoms with Crippen LogP contribution in [0.1, 0.15) is 34.1 Å². The third kappa shape index (κ3) is 3.76. The van der Waals surface area contributed by atoms with E-state index >= 15 is 0 Å². The van der Waals surface area contributed by atoms with Crippen molar-refractivity contribution in [1.29, 1.82) is 0 Å². The highest BCUT2D eigenvalue weighted by Gasteiger charge is 2.31. The van der Waals surface area contributed by atoms with E-state index in [4.69, 9.17) is 6.42 Å². The van der Waals surface area contributed by atoms with Crippen LogP contribution < -0.4 is 4.72 Å². The summed E-state index contributed by atoms with van der Waals surface area (Å²) in [6.07, 6.45) is 7.00. The molecule has 2 aromatic rings. The first kappa shape index (κ1) is 17.7. The Labute approximate surface area is 151 Å². The molecular formula is C18H18N2O3S2. The molecule has 1 atom stereocenters. The first-order valence-corrected chi connectivity index (χ1v) is 10.3. The van der Waals surface area contributed by atoms with E-state index in [9.17, 15) is 13.2 Å². The van der Waals surface area contributed by atoms with E-state index in [1.165, 1.54) is 17.0 Å². The summed E-state index contributed by atoms with van der Waals surface area (Å²) in [7, 11) is -3.65. The van der Waals surface area contributed by atoms with Gasteiger partial charge in [0.05, 0.1) is 17.5 Å². The fraction of sp³-hybridized carbons (Fsp3) is 0.278. The van der Waals surface area contributed by atoms with Crippen LogP contribution in [0.5, 0.6) is 0 Å². The van der Waals surface area contributed by atoms with Crippen LogP contribution in [0.4, 0.5) is 0 Å². The average Bonchev–Trinajstić information content (AvgIpc) is 3.30. The van der Waals surface area contributed by atoms with Gasteiger partial charge in [-0.3, -0.25) is 4.79 Å². The van der Waals surface area contributed by atoms with E-state index in [2.05, 4.69) is 10.6 Å². The van der Waals surface area contributed by atoms with Gasteiger partial charge in [0.2, 0.25) is 10.0 Å². The molecule has 1 N–H and O–H groups in total. The zero-order chi connectivity index (χ0) is 17.9. The van der Waals surface area contributed by atoms with E-state index in [0.29, 0.717) is 12.1 Å². The number of terminal acetylenes is 1. The number of carbonyl (C=O) groups excluding carboxylic acids is 1.